The quantitative estimate of drug-likeness (QED) is 0.888. The smallest absolute Gasteiger partial charge is 0.289 e. The number of benzene rings is 1. The van der Waals surface area contributed by atoms with Gasteiger partial charge >= 0.3 is 0 Å². The third kappa shape index (κ3) is 4.04. The van der Waals surface area contributed by atoms with Crippen LogP contribution in [0.5, 0.6) is 0 Å². The van der Waals surface area contributed by atoms with Crippen LogP contribution >= 0.6 is 11.8 Å². The minimum Gasteiger partial charge on any atom is -0.339 e. The number of hydrogen-bond acceptors (Lipinski definition) is 5. The van der Waals surface area contributed by atoms with Crippen LogP contribution < -0.4 is 5.73 Å². The zero-order valence-electron chi connectivity index (χ0n) is 14.3. The van der Waals surface area contributed by atoms with E-state index in [9.17, 15) is 14.4 Å². The van der Waals surface area contributed by atoms with Crippen molar-refractivity contribution < 1.29 is 14.4 Å². The Labute approximate surface area is 151 Å². The van der Waals surface area contributed by atoms with E-state index in [1.165, 1.54) is 4.90 Å². The predicted molar refractivity (Wildman–Crippen MR) is 97.1 cm³/mol. The van der Waals surface area contributed by atoms with Crippen LogP contribution in [0.2, 0.25) is 0 Å². The molecule has 1 atom stereocenters. The Morgan fingerprint density at radius 1 is 1.32 bits per heavy atom. The standard InChI is InChI=1S/C18H23N3O3S/c1-12(19)14-5-7-20(8-6-14)17(23)15-4-2-3-13(9-15)10-21-16(22)11-25-18(21)24/h2-4,9,12,14H,5-8,10-11,19H2,1H3. The van der Waals surface area contributed by atoms with Gasteiger partial charge in [-0.3, -0.25) is 19.3 Å². The maximum absolute atomic E-state index is 12.7. The fourth-order valence-electron chi connectivity index (χ4n) is 3.33. The van der Waals surface area contributed by atoms with Gasteiger partial charge in [0.1, 0.15) is 0 Å². The molecule has 2 fully saturated rings. The van der Waals surface area contributed by atoms with Crippen molar-refractivity contribution >= 4 is 28.8 Å². The number of carbonyl (C=O) groups is 3. The van der Waals surface area contributed by atoms with Crippen molar-refractivity contribution in [2.75, 3.05) is 18.8 Å². The van der Waals surface area contributed by atoms with Crippen LogP contribution in [0.3, 0.4) is 0 Å². The Bertz CT molecular complexity index is 668. The van der Waals surface area contributed by atoms with Crippen LogP contribution in [0.4, 0.5) is 4.79 Å². The molecule has 2 heterocycles. The average molecular weight is 361 g/mol. The molecule has 1 aromatic rings. The first kappa shape index (κ1) is 17.9. The van der Waals surface area contributed by atoms with Gasteiger partial charge < -0.3 is 10.6 Å². The monoisotopic (exact) mass is 361 g/mol. The van der Waals surface area contributed by atoms with Crippen molar-refractivity contribution in [1.82, 2.24) is 9.80 Å². The molecule has 0 saturated carbocycles. The molecule has 2 saturated heterocycles. The lowest BCUT2D eigenvalue weighted by atomic mass is 9.90. The van der Waals surface area contributed by atoms with Crippen LogP contribution in [-0.4, -0.2) is 51.7 Å². The number of nitrogens with zero attached hydrogens (tertiary/aromatic N) is 2. The van der Waals surface area contributed by atoms with E-state index in [1.54, 1.807) is 18.2 Å². The van der Waals surface area contributed by atoms with E-state index in [4.69, 9.17) is 5.73 Å². The normalized spacial score (nSPS) is 20.2. The molecule has 2 aliphatic heterocycles. The molecule has 25 heavy (non-hydrogen) atoms. The van der Waals surface area contributed by atoms with E-state index in [2.05, 4.69) is 0 Å². The largest absolute Gasteiger partial charge is 0.339 e. The molecule has 0 radical (unpaired) electrons. The zero-order valence-corrected chi connectivity index (χ0v) is 15.1. The fraction of sp³-hybridized carbons (Fsp3) is 0.500. The molecule has 2 aliphatic rings. The highest BCUT2D eigenvalue weighted by Crippen LogP contribution is 2.23. The Morgan fingerprint density at radius 2 is 2.04 bits per heavy atom. The van der Waals surface area contributed by atoms with Crippen molar-refractivity contribution in [2.45, 2.75) is 32.4 Å². The van der Waals surface area contributed by atoms with Crippen LogP contribution in [0, 0.1) is 5.92 Å². The summed E-state index contributed by atoms with van der Waals surface area (Å²) in [6.45, 7) is 3.67. The minimum atomic E-state index is -0.222. The number of thioether (sulfide) groups is 1. The summed E-state index contributed by atoms with van der Waals surface area (Å²) in [5.41, 5.74) is 7.35. The number of likely N-dealkylation sites (tertiary alicyclic amines) is 1. The number of piperidine rings is 1. The molecule has 0 aromatic heterocycles. The maximum Gasteiger partial charge on any atom is 0.289 e. The molecule has 134 valence electrons. The van der Waals surface area contributed by atoms with Crippen LogP contribution in [0.15, 0.2) is 24.3 Å². The summed E-state index contributed by atoms with van der Waals surface area (Å²) >= 11 is 1.02. The van der Waals surface area contributed by atoms with Crippen LogP contribution in [0.25, 0.3) is 0 Å². The molecule has 7 heteroatoms. The summed E-state index contributed by atoms with van der Waals surface area (Å²) in [4.78, 5) is 39.3. The molecule has 3 rings (SSSR count). The summed E-state index contributed by atoms with van der Waals surface area (Å²) in [6, 6.07) is 7.36. The number of hydrogen-bond donors (Lipinski definition) is 1. The predicted octanol–water partition coefficient (Wildman–Crippen LogP) is 2.08. The summed E-state index contributed by atoms with van der Waals surface area (Å²) in [5, 5.41) is -0.222. The first-order chi connectivity index (χ1) is 12.0. The van der Waals surface area contributed by atoms with E-state index in [0.29, 0.717) is 11.5 Å². The van der Waals surface area contributed by atoms with Gasteiger partial charge in [-0.1, -0.05) is 23.9 Å². The fourth-order valence-corrected chi connectivity index (χ4v) is 4.06. The van der Waals surface area contributed by atoms with Gasteiger partial charge in [0.05, 0.1) is 12.3 Å². The van der Waals surface area contributed by atoms with E-state index in [-0.39, 0.29) is 35.4 Å². The van der Waals surface area contributed by atoms with Crippen molar-refractivity contribution in [3.63, 3.8) is 0 Å². The van der Waals surface area contributed by atoms with Gasteiger partial charge in [0.25, 0.3) is 11.1 Å². The van der Waals surface area contributed by atoms with Gasteiger partial charge in [-0.05, 0) is 43.4 Å². The van der Waals surface area contributed by atoms with Crippen molar-refractivity contribution in [3.05, 3.63) is 35.4 Å². The van der Waals surface area contributed by atoms with Gasteiger partial charge in [-0.15, -0.1) is 0 Å². The van der Waals surface area contributed by atoms with E-state index in [0.717, 1.165) is 43.3 Å². The van der Waals surface area contributed by atoms with E-state index < -0.39 is 0 Å². The molecular formula is C18H23N3O3S. The Kier molecular flexibility index (Phi) is 5.44. The first-order valence-electron chi connectivity index (χ1n) is 8.56. The van der Waals surface area contributed by atoms with Gasteiger partial charge in [-0.25, -0.2) is 0 Å². The molecule has 3 amide bonds. The third-order valence-electron chi connectivity index (χ3n) is 4.93. The molecule has 0 spiro atoms. The second-order valence-corrected chi connectivity index (χ2v) is 7.65. The van der Waals surface area contributed by atoms with Crippen molar-refractivity contribution in [1.29, 1.82) is 0 Å². The lowest BCUT2D eigenvalue weighted by molar-refractivity contribution is -0.125. The van der Waals surface area contributed by atoms with Gasteiger partial charge in [0.15, 0.2) is 0 Å². The number of imide groups is 1. The molecule has 1 aromatic carbocycles. The van der Waals surface area contributed by atoms with Crippen molar-refractivity contribution in [2.24, 2.45) is 11.7 Å². The number of nitrogens with two attached hydrogens (primary N) is 1. The number of carbonyl (C=O) groups excluding carboxylic acids is 3. The molecular weight excluding hydrogens is 338 g/mol. The minimum absolute atomic E-state index is 0.00146. The Hall–Kier alpha value is -1.86. The molecule has 0 aliphatic carbocycles. The SMILES string of the molecule is CC(N)C1CCN(C(=O)c2cccc(CN3C(=O)CSC3=O)c2)CC1. The lowest BCUT2D eigenvalue weighted by Crippen LogP contribution is -2.42. The van der Waals surface area contributed by atoms with E-state index in [1.807, 2.05) is 17.9 Å². The number of rotatable bonds is 4. The highest BCUT2D eigenvalue weighted by Gasteiger charge is 2.30. The third-order valence-corrected chi connectivity index (χ3v) is 5.78. The average Bonchev–Trinajstić information content (AvgIpc) is 2.93. The van der Waals surface area contributed by atoms with Crippen LogP contribution in [0.1, 0.15) is 35.7 Å². The summed E-state index contributed by atoms with van der Waals surface area (Å²) in [7, 11) is 0. The Morgan fingerprint density at radius 3 is 2.64 bits per heavy atom. The van der Waals surface area contributed by atoms with Gasteiger partial charge in [-0.2, -0.15) is 0 Å². The van der Waals surface area contributed by atoms with Crippen LogP contribution in [-0.2, 0) is 11.3 Å². The highest BCUT2D eigenvalue weighted by molar-refractivity contribution is 8.14. The topological polar surface area (TPSA) is 83.7 Å². The van der Waals surface area contributed by atoms with Gasteiger partial charge in [0.2, 0.25) is 5.91 Å². The molecule has 2 N–H and O–H groups in total. The second-order valence-electron chi connectivity index (χ2n) is 6.72. The van der Waals surface area contributed by atoms with Gasteiger partial charge in [0, 0.05) is 24.7 Å². The molecule has 1 unspecified atom stereocenters. The highest BCUT2D eigenvalue weighted by atomic mass is 32.2. The molecule has 0 bridgehead atoms. The second kappa shape index (κ2) is 7.58. The van der Waals surface area contributed by atoms with E-state index >= 15 is 0 Å². The molecule has 6 nitrogen and oxygen atoms in total. The summed E-state index contributed by atoms with van der Waals surface area (Å²) < 4.78 is 0. The first-order valence-corrected chi connectivity index (χ1v) is 9.55. The summed E-state index contributed by atoms with van der Waals surface area (Å²) in [5.74, 6) is 0.495. The summed E-state index contributed by atoms with van der Waals surface area (Å²) in [6.07, 6.45) is 1.86. The maximum atomic E-state index is 12.7. The zero-order chi connectivity index (χ0) is 18.0. The lowest BCUT2D eigenvalue weighted by Gasteiger charge is -2.33. The Balaban J connectivity index is 1.66. The van der Waals surface area contributed by atoms with Crippen molar-refractivity contribution in [3.8, 4) is 0 Å². The number of amides is 3.